The third-order valence-corrected chi connectivity index (χ3v) is 3.76. The summed E-state index contributed by atoms with van der Waals surface area (Å²) < 4.78 is 0.944. The van der Waals surface area contributed by atoms with Crippen LogP contribution in [-0.2, 0) is 0 Å². The summed E-state index contributed by atoms with van der Waals surface area (Å²) in [4.78, 5) is 0. The maximum Gasteiger partial charge on any atom is 0.0775 e. The molecule has 80 valence electrons. The standard InChI is InChI=1S/C14H12S2/c1-16-14(15)13-9-7-12(8-10-13)11-5-3-2-4-6-11/h2-10H,1H3. The lowest BCUT2D eigenvalue weighted by atomic mass is 10.0. The SMILES string of the molecule is CSC(=S)c1ccc(-c2ccccc2)cc1. The van der Waals surface area contributed by atoms with Crippen molar-refractivity contribution in [1.82, 2.24) is 0 Å². The summed E-state index contributed by atoms with van der Waals surface area (Å²) in [6.07, 6.45) is 2.01. The molecule has 0 nitrogen and oxygen atoms in total. The molecule has 0 aliphatic rings. The van der Waals surface area contributed by atoms with E-state index < -0.39 is 0 Å². The van der Waals surface area contributed by atoms with Crippen LogP contribution in [0.25, 0.3) is 11.1 Å². The second-order valence-corrected chi connectivity index (χ2v) is 4.92. The van der Waals surface area contributed by atoms with Gasteiger partial charge >= 0.3 is 0 Å². The van der Waals surface area contributed by atoms with Crippen molar-refractivity contribution in [3.8, 4) is 11.1 Å². The molecule has 0 spiro atoms. The molecule has 0 saturated carbocycles. The van der Waals surface area contributed by atoms with Gasteiger partial charge in [0.2, 0.25) is 0 Å². The predicted octanol–water partition coefficient (Wildman–Crippen LogP) is 4.39. The van der Waals surface area contributed by atoms with Crippen molar-refractivity contribution in [3.05, 3.63) is 60.2 Å². The maximum absolute atomic E-state index is 5.24. The molecule has 0 fully saturated rings. The van der Waals surface area contributed by atoms with E-state index in [-0.39, 0.29) is 0 Å². The van der Waals surface area contributed by atoms with Crippen molar-refractivity contribution in [1.29, 1.82) is 0 Å². The highest BCUT2D eigenvalue weighted by Gasteiger charge is 2.00. The lowest BCUT2D eigenvalue weighted by molar-refractivity contribution is 1.61. The van der Waals surface area contributed by atoms with Gasteiger partial charge in [0, 0.05) is 0 Å². The second kappa shape index (κ2) is 5.28. The molecule has 2 heteroatoms. The van der Waals surface area contributed by atoms with E-state index in [4.69, 9.17) is 12.2 Å². The molecular weight excluding hydrogens is 232 g/mol. The molecule has 0 aliphatic heterocycles. The van der Waals surface area contributed by atoms with E-state index in [9.17, 15) is 0 Å². The van der Waals surface area contributed by atoms with E-state index in [1.165, 1.54) is 11.1 Å². The summed E-state index contributed by atoms with van der Waals surface area (Å²) in [6, 6.07) is 18.8. The molecule has 16 heavy (non-hydrogen) atoms. The zero-order chi connectivity index (χ0) is 11.4. The molecule has 0 amide bonds. The molecule has 0 unspecified atom stereocenters. The smallest absolute Gasteiger partial charge is 0.0775 e. The number of rotatable bonds is 2. The first-order valence-corrected chi connectivity index (χ1v) is 6.68. The fourth-order valence-corrected chi connectivity index (χ4v) is 2.06. The Morgan fingerprint density at radius 2 is 1.44 bits per heavy atom. The third kappa shape index (κ3) is 2.52. The third-order valence-electron chi connectivity index (χ3n) is 2.41. The highest BCUT2D eigenvalue weighted by atomic mass is 32.2. The Hall–Kier alpha value is -1.12. The van der Waals surface area contributed by atoms with Gasteiger partial charge in [-0.15, -0.1) is 11.8 Å². The molecule has 0 aromatic heterocycles. The summed E-state index contributed by atoms with van der Waals surface area (Å²) in [5.41, 5.74) is 3.60. The van der Waals surface area contributed by atoms with Crippen molar-refractivity contribution in [3.63, 3.8) is 0 Å². The maximum atomic E-state index is 5.24. The van der Waals surface area contributed by atoms with Gasteiger partial charge in [0.1, 0.15) is 0 Å². The van der Waals surface area contributed by atoms with Gasteiger partial charge in [0.25, 0.3) is 0 Å². The van der Waals surface area contributed by atoms with Crippen LogP contribution in [0.5, 0.6) is 0 Å². The van der Waals surface area contributed by atoms with Gasteiger partial charge in [-0.05, 0) is 22.9 Å². The minimum atomic E-state index is 0.944. The molecule has 2 rings (SSSR count). The molecular formula is C14H12S2. The van der Waals surface area contributed by atoms with Crippen LogP contribution < -0.4 is 0 Å². The summed E-state index contributed by atoms with van der Waals surface area (Å²) in [6.45, 7) is 0. The predicted molar refractivity (Wildman–Crippen MR) is 77.1 cm³/mol. The number of hydrogen-bond donors (Lipinski definition) is 0. The summed E-state index contributed by atoms with van der Waals surface area (Å²) >= 11 is 6.86. The fourth-order valence-electron chi connectivity index (χ4n) is 1.55. The number of benzene rings is 2. The Morgan fingerprint density at radius 3 is 2.00 bits per heavy atom. The Balaban J connectivity index is 2.30. The van der Waals surface area contributed by atoms with Gasteiger partial charge in [-0.3, -0.25) is 0 Å². The monoisotopic (exact) mass is 244 g/mol. The van der Waals surface area contributed by atoms with E-state index in [1.807, 2.05) is 12.3 Å². The fraction of sp³-hybridized carbons (Fsp3) is 0.0714. The minimum absolute atomic E-state index is 0.944. The van der Waals surface area contributed by atoms with E-state index >= 15 is 0 Å². The van der Waals surface area contributed by atoms with Gasteiger partial charge in [-0.2, -0.15) is 0 Å². The van der Waals surface area contributed by atoms with Gasteiger partial charge < -0.3 is 0 Å². The van der Waals surface area contributed by atoms with Crippen molar-refractivity contribution in [2.75, 3.05) is 6.26 Å². The molecule has 0 aliphatic carbocycles. The topological polar surface area (TPSA) is 0 Å². The van der Waals surface area contributed by atoms with Gasteiger partial charge in [-0.1, -0.05) is 66.8 Å². The minimum Gasteiger partial charge on any atom is -0.117 e. The average Bonchev–Trinajstić information content (AvgIpc) is 2.39. The summed E-state index contributed by atoms with van der Waals surface area (Å²) in [5.74, 6) is 0. The van der Waals surface area contributed by atoms with Crippen molar-refractivity contribution >= 4 is 28.2 Å². The van der Waals surface area contributed by atoms with E-state index in [1.54, 1.807) is 11.8 Å². The molecule has 0 atom stereocenters. The van der Waals surface area contributed by atoms with Gasteiger partial charge in [0.15, 0.2) is 0 Å². The Labute approximate surface area is 106 Å². The Kier molecular flexibility index (Phi) is 3.75. The molecule has 0 radical (unpaired) electrons. The van der Waals surface area contributed by atoms with Crippen LogP contribution in [-0.4, -0.2) is 10.5 Å². The van der Waals surface area contributed by atoms with Crippen LogP contribution in [0.3, 0.4) is 0 Å². The zero-order valence-corrected chi connectivity index (χ0v) is 10.6. The average molecular weight is 244 g/mol. The van der Waals surface area contributed by atoms with Gasteiger partial charge in [0.05, 0.1) is 4.20 Å². The zero-order valence-electron chi connectivity index (χ0n) is 9.01. The normalized spacial score (nSPS) is 10.1. The molecule has 2 aromatic rings. The lowest BCUT2D eigenvalue weighted by Gasteiger charge is -2.03. The number of hydrogen-bond acceptors (Lipinski definition) is 2. The Bertz CT molecular complexity index is 472. The van der Waals surface area contributed by atoms with Crippen LogP contribution >= 0.6 is 24.0 Å². The van der Waals surface area contributed by atoms with Crippen molar-refractivity contribution in [2.24, 2.45) is 0 Å². The Morgan fingerprint density at radius 1 is 0.875 bits per heavy atom. The van der Waals surface area contributed by atoms with Crippen LogP contribution in [0, 0.1) is 0 Å². The van der Waals surface area contributed by atoms with Crippen molar-refractivity contribution < 1.29 is 0 Å². The molecule has 2 aromatic carbocycles. The van der Waals surface area contributed by atoms with Crippen LogP contribution in [0.2, 0.25) is 0 Å². The number of thiocarbonyl (C=S) groups is 1. The highest BCUT2D eigenvalue weighted by Crippen LogP contribution is 2.20. The van der Waals surface area contributed by atoms with E-state index in [2.05, 4.69) is 48.5 Å². The lowest BCUT2D eigenvalue weighted by Crippen LogP contribution is -1.89. The summed E-state index contributed by atoms with van der Waals surface area (Å²) in [5, 5.41) is 0. The quantitative estimate of drug-likeness (QED) is 0.718. The second-order valence-electron chi connectivity index (χ2n) is 3.43. The molecule has 0 bridgehead atoms. The highest BCUT2D eigenvalue weighted by molar-refractivity contribution is 8.23. The molecule has 0 saturated heterocycles. The van der Waals surface area contributed by atoms with E-state index in [0.717, 1.165) is 9.76 Å². The largest absolute Gasteiger partial charge is 0.117 e. The summed E-state index contributed by atoms with van der Waals surface area (Å²) in [7, 11) is 0. The van der Waals surface area contributed by atoms with Crippen LogP contribution in [0.15, 0.2) is 54.6 Å². The number of thioether (sulfide) groups is 1. The first kappa shape index (κ1) is 11.4. The van der Waals surface area contributed by atoms with Crippen LogP contribution in [0.1, 0.15) is 5.56 Å². The molecule has 0 N–H and O–H groups in total. The van der Waals surface area contributed by atoms with Crippen LogP contribution in [0.4, 0.5) is 0 Å². The van der Waals surface area contributed by atoms with E-state index in [0.29, 0.717) is 0 Å². The van der Waals surface area contributed by atoms with Gasteiger partial charge in [-0.25, -0.2) is 0 Å². The molecule has 0 heterocycles. The van der Waals surface area contributed by atoms with Crippen molar-refractivity contribution in [2.45, 2.75) is 0 Å². The first-order chi connectivity index (χ1) is 7.81. The first-order valence-electron chi connectivity index (χ1n) is 5.05.